The van der Waals surface area contributed by atoms with Crippen LogP contribution < -0.4 is 5.32 Å². The summed E-state index contributed by atoms with van der Waals surface area (Å²) >= 11 is 7.57. The second kappa shape index (κ2) is 5.54. The van der Waals surface area contributed by atoms with Gasteiger partial charge in [-0.1, -0.05) is 28.2 Å². The molecule has 0 aliphatic heterocycles. The number of fused-ring (bicyclic) bond motifs is 1. The summed E-state index contributed by atoms with van der Waals surface area (Å²) in [5, 5.41) is 12.7. The van der Waals surface area contributed by atoms with Crippen LogP contribution in [-0.2, 0) is 6.54 Å². The monoisotopic (exact) mass is 293 g/mol. The molecule has 2 aromatic heterocycles. The Morgan fingerprint density at radius 2 is 2.32 bits per heavy atom. The number of nitrogens with zero attached hydrogens (tertiary/aromatic N) is 4. The van der Waals surface area contributed by atoms with Crippen molar-refractivity contribution in [1.29, 1.82) is 0 Å². The van der Waals surface area contributed by atoms with E-state index in [9.17, 15) is 0 Å². The van der Waals surface area contributed by atoms with Crippen molar-refractivity contribution in [1.82, 2.24) is 20.0 Å². The molecule has 1 aromatic carbocycles. The van der Waals surface area contributed by atoms with E-state index in [4.69, 9.17) is 11.6 Å². The Kier molecular flexibility index (Phi) is 3.61. The SMILES string of the molecule is Clc1ccc2nc(NCCCn3ccnn3)sc2c1. The standard InChI is InChI=1S/C12H12ClN5S/c13-9-2-3-10-11(8-9)19-12(16-10)14-4-1-6-18-7-5-15-17-18/h2-3,5,7-8H,1,4,6H2,(H,14,16). The van der Waals surface area contributed by atoms with Crippen molar-refractivity contribution in [2.75, 3.05) is 11.9 Å². The Bertz CT molecular complexity index is 664. The van der Waals surface area contributed by atoms with Gasteiger partial charge in [-0.2, -0.15) is 0 Å². The lowest BCUT2D eigenvalue weighted by Gasteiger charge is -2.01. The first-order valence-electron chi connectivity index (χ1n) is 5.95. The fraction of sp³-hybridized carbons (Fsp3) is 0.250. The summed E-state index contributed by atoms with van der Waals surface area (Å²) < 4.78 is 2.92. The van der Waals surface area contributed by atoms with Crippen molar-refractivity contribution in [3.8, 4) is 0 Å². The van der Waals surface area contributed by atoms with Crippen LogP contribution in [-0.4, -0.2) is 26.5 Å². The van der Waals surface area contributed by atoms with E-state index in [0.717, 1.165) is 39.9 Å². The number of benzene rings is 1. The quantitative estimate of drug-likeness (QED) is 0.735. The maximum Gasteiger partial charge on any atom is 0.183 e. The molecule has 0 spiro atoms. The summed E-state index contributed by atoms with van der Waals surface area (Å²) in [6.07, 6.45) is 4.52. The van der Waals surface area contributed by atoms with Crippen LogP contribution in [0.25, 0.3) is 10.2 Å². The van der Waals surface area contributed by atoms with E-state index in [1.165, 1.54) is 0 Å². The van der Waals surface area contributed by atoms with Gasteiger partial charge in [0.2, 0.25) is 0 Å². The van der Waals surface area contributed by atoms with Gasteiger partial charge < -0.3 is 5.32 Å². The smallest absolute Gasteiger partial charge is 0.183 e. The molecule has 0 radical (unpaired) electrons. The summed E-state index contributed by atoms with van der Waals surface area (Å²) in [6, 6.07) is 5.74. The molecule has 0 fully saturated rings. The average molecular weight is 294 g/mol. The van der Waals surface area contributed by atoms with Crippen LogP contribution in [0.4, 0.5) is 5.13 Å². The molecule has 5 nitrogen and oxygen atoms in total. The van der Waals surface area contributed by atoms with Crippen molar-refractivity contribution < 1.29 is 0 Å². The molecule has 0 aliphatic carbocycles. The van der Waals surface area contributed by atoms with E-state index in [2.05, 4.69) is 20.6 Å². The van der Waals surface area contributed by atoms with E-state index in [1.807, 2.05) is 29.1 Å². The van der Waals surface area contributed by atoms with Crippen molar-refractivity contribution in [3.05, 3.63) is 35.6 Å². The van der Waals surface area contributed by atoms with E-state index in [1.54, 1.807) is 17.5 Å². The van der Waals surface area contributed by atoms with E-state index >= 15 is 0 Å². The summed E-state index contributed by atoms with van der Waals surface area (Å²) in [5.74, 6) is 0. The van der Waals surface area contributed by atoms with Gasteiger partial charge in [0.1, 0.15) is 0 Å². The van der Waals surface area contributed by atoms with Gasteiger partial charge in [0.25, 0.3) is 0 Å². The second-order valence-corrected chi connectivity index (χ2v) is 5.54. The molecule has 3 rings (SSSR count). The first kappa shape index (κ1) is 12.4. The van der Waals surface area contributed by atoms with E-state index < -0.39 is 0 Å². The molecule has 0 bridgehead atoms. The highest BCUT2D eigenvalue weighted by Crippen LogP contribution is 2.28. The molecule has 0 saturated heterocycles. The van der Waals surface area contributed by atoms with E-state index in [0.29, 0.717) is 0 Å². The van der Waals surface area contributed by atoms with Crippen molar-refractivity contribution in [2.24, 2.45) is 0 Å². The Balaban J connectivity index is 1.56. The highest BCUT2D eigenvalue weighted by molar-refractivity contribution is 7.22. The zero-order valence-electron chi connectivity index (χ0n) is 10.1. The molecule has 3 aromatic rings. The second-order valence-electron chi connectivity index (χ2n) is 4.08. The minimum atomic E-state index is 0.744. The summed E-state index contributed by atoms with van der Waals surface area (Å²) in [7, 11) is 0. The minimum Gasteiger partial charge on any atom is -0.361 e. The molecule has 7 heteroatoms. The number of rotatable bonds is 5. The van der Waals surface area contributed by atoms with Crippen LogP contribution in [0, 0.1) is 0 Å². The Labute approximate surface area is 119 Å². The molecular formula is C12H12ClN5S. The molecule has 98 valence electrons. The number of anilines is 1. The fourth-order valence-corrected chi connectivity index (χ4v) is 2.93. The van der Waals surface area contributed by atoms with Gasteiger partial charge >= 0.3 is 0 Å². The Morgan fingerprint density at radius 3 is 3.16 bits per heavy atom. The maximum atomic E-state index is 5.95. The zero-order valence-corrected chi connectivity index (χ0v) is 11.7. The number of hydrogen-bond acceptors (Lipinski definition) is 5. The molecule has 19 heavy (non-hydrogen) atoms. The van der Waals surface area contributed by atoms with Crippen molar-refractivity contribution in [2.45, 2.75) is 13.0 Å². The van der Waals surface area contributed by atoms with Gasteiger partial charge in [-0.25, -0.2) is 4.98 Å². The topological polar surface area (TPSA) is 55.6 Å². The van der Waals surface area contributed by atoms with Crippen LogP contribution in [0.15, 0.2) is 30.6 Å². The third kappa shape index (κ3) is 3.02. The third-order valence-electron chi connectivity index (χ3n) is 2.66. The van der Waals surface area contributed by atoms with Gasteiger partial charge in [-0.15, -0.1) is 5.10 Å². The highest BCUT2D eigenvalue weighted by atomic mass is 35.5. The average Bonchev–Trinajstić information content (AvgIpc) is 3.02. The number of hydrogen-bond donors (Lipinski definition) is 1. The van der Waals surface area contributed by atoms with Crippen LogP contribution in [0.5, 0.6) is 0 Å². The summed E-state index contributed by atoms with van der Waals surface area (Å²) in [4.78, 5) is 4.50. The van der Waals surface area contributed by atoms with Gasteiger partial charge in [0, 0.05) is 24.3 Å². The van der Waals surface area contributed by atoms with Crippen LogP contribution in [0.2, 0.25) is 5.02 Å². The lowest BCUT2D eigenvalue weighted by atomic mass is 10.3. The zero-order chi connectivity index (χ0) is 13.1. The van der Waals surface area contributed by atoms with Gasteiger partial charge in [0.05, 0.1) is 16.4 Å². The molecule has 0 saturated carbocycles. The lowest BCUT2D eigenvalue weighted by molar-refractivity contribution is 0.570. The molecule has 0 aliphatic rings. The molecule has 0 unspecified atom stereocenters. The number of halogens is 1. The molecule has 2 heterocycles. The highest BCUT2D eigenvalue weighted by Gasteiger charge is 2.03. The number of aryl methyl sites for hydroxylation is 1. The number of thiazole rings is 1. The Hall–Kier alpha value is -1.66. The first-order chi connectivity index (χ1) is 9.31. The predicted octanol–water partition coefficient (Wildman–Crippen LogP) is 3.04. The normalized spacial score (nSPS) is 11.0. The number of aromatic nitrogens is 4. The minimum absolute atomic E-state index is 0.744. The van der Waals surface area contributed by atoms with Gasteiger partial charge in [-0.3, -0.25) is 4.68 Å². The van der Waals surface area contributed by atoms with Gasteiger partial charge in [-0.05, 0) is 24.6 Å². The number of nitrogens with one attached hydrogen (secondary N) is 1. The fourth-order valence-electron chi connectivity index (χ4n) is 1.76. The van der Waals surface area contributed by atoms with Crippen LogP contribution >= 0.6 is 22.9 Å². The van der Waals surface area contributed by atoms with Crippen molar-refractivity contribution in [3.63, 3.8) is 0 Å². The lowest BCUT2D eigenvalue weighted by Crippen LogP contribution is -2.07. The largest absolute Gasteiger partial charge is 0.361 e. The summed E-state index contributed by atoms with van der Waals surface area (Å²) in [6.45, 7) is 1.71. The molecule has 1 N–H and O–H groups in total. The molecule has 0 amide bonds. The first-order valence-corrected chi connectivity index (χ1v) is 7.15. The molecule has 0 atom stereocenters. The van der Waals surface area contributed by atoms with Crippen LogP contribution in [0.1, 0.15) is 6.42 Å². The van der Waals surface area contributed by atoms with Gasteiger partial charge in [0.15, 0.2) is 5.13 Å². The van der Waals surface area contributed by atoms with Crippen LogP contribution in [0.3, 0.4) is 0 Å². The third-order valence-corrected chi connectivity index (χ3v) is 3.87. The summed E-state index contributed by atoms with van der Waals surface area (Å²) in [5.41, 5.74) is 0.980. The van der Waals surface area contributed by atoms with E-state index in [-0.39, 0.29) is 0 Å². The maximum absolute atomic E-state index is 5.95. The molecular weight excluding hydrogens is 282 g/mol. The predicted molar refractivity (Wildman–Crippen MR) is 77.8 cm³/mol. The van der Waals surface area contributed by atoms with Crippen molar-refractivity contribution >= 4 is 38.3 Å². The Morgan fingerprint density at radius 1 is 1.37 bits per heavy atom.